The third-order valence-electron chi connectivity index (χ3n) is 5.23. The lowest BCUT2D eigenvalue weighted by Crippen LogP contribution is -2.43. The molecule has 30 heavy (non-hydrogen) atoms. The largest absolute Gasteiger partial charge is 0.480 e. The number of aliphatic carboxylic acids is 1. The molecule has 2 aromatic carbocycles. The van der Waals surface area contributed by atoms with Gasteiger partial charge in [0.2, 0.25) is 0 Å². The number of carboxylic acids is 1. The second kappa shape index (κ2) is 8.27. The summed E-state index contributed by atoms with van der Waals surface area (Å²) in [5, 5.41) is 19.6. The summed E-state index contributed by atoms with van der Waals surface area (Å²) in [6.07, 6.45) is -0.764. The Bertz CT molecular complexity index is 1050. The molecular formula is C21H19BrN4O4. The summed E-state index contributed by atoms with van der Waals surface area (Å²) >= 11 is 3.24. The fraction of sp³-hybridized carbons (Fsp3) is 0.238. The summed E-state index contributed by atoms with van der Waals surface area (Å²) in [6.45, 7) is 0.114. The van der Waals surface area contributed by atoms with E-state index in [1.54, 1.807) is 7.05 Å². The van der Waals surface area contributed by atoms with Crippen LogP contribution >= 0.6 is 15.9 Å². The van der Waals surface area contributed by atoms with Crippen molar-refractivity contribution >= 4 is 28.0 Å². The summed E-state index contributed by atoms with van der Waals surface area (Å²) in [7, 11) is 1.65. The molecule has 1 amide bonds. The molecule has 1 aromatic heterocycles. The van der Waals surface area contributed by atoms with Crippen LogP contribution < -0.4 is 5.32 Å². The maximum Gasteiger partial charge on any atom is 0.407 e. The molecule has 1 aliphatic rings. The normalized spacial score (nSPS) is 13.4. The molecule has 0 aliphatic heterocycles. The number of benzene rings is 2. The van der Waals surface area contributed by atoms with Crippen LogP contribution in [-0.4, -0.2) is 44.8 Å². The summed E-state index contributed by atoms with van der Waals surface area (Å²) in [5.41, 5.74) is 4.98. The fourth-order valence-electron chi connectivity index (χ4n) is 3.74. The molecular weight excluding hydrogens is 452 g/mol. The molecule has 4 rings (SSSR count). The second-order valence-electron chi connectivity index (χ2n) is 7.02. The Balaban J connectivity index is 1.45. The number of hydrogen-bond acceptors (Lipinski definition) is 5. The van der Waals surface area contributed by atoms with E-state index in [1.807, 2.05) is 36.4 Å². The van der Waals surface area contributed by atoms with Gasteiger partial charge < -0.3 is 15.2 Å². The third kappa shape index (κ3) is 3.80. The van der Waals surface area contributed by atoms with Gasteiger partial charge in [0.1, 0.15) is 12.6 Å². The van der Waals surface area contributed by atoms with Crippen molar-refractivity contribution in [2.24, 2.45) is 7.05 Å². The second-order valence-corrected chi connectivity index (χ2v) is 7.77. The van der Waals surface area contributed by atoms with Crippen molar-refractivity contribution in [3.8, 4) is 11.1 Å². The van der Waals surface area contributed by atoms with Gasteiger partial charge in [-0.1, -0.05) is 53.7 Å². The molecule has 3 aromatic rings. The zero-order chi connectivity index (χ0) is 21.3. The van der Waals surface area contributed by atoms with Gasteiger partial charge in [-0.05, 0) is 38.2 Å². The van der Waals surface area contributed by atoms with Gasteiger partial charge in [-0.3, -0.25) is 4.68 Å². The van der Waals surface area contributed by atoms with Crippen LogP contribution in [0.5, 0.6) is 0 Å². The summed E-state index contributed by atoms with van der Waals surface area (Å²) in [6, 6.07) is 14.8. The maximum atomic E-state index is 12.4. The number of rotatable bonds is 6. The van der Waals surface area contributed by atoms with E-state index in [1.165, 1.54) is 4.68 Å². The third-order valence-corrected chi connectivity index (χ3v) is 5.84. The molecule has 9 heteroatoms. The summed E-state index contributed by atoms with van der Waals surface area (Å²) in [5.74, 6) is -1.27. The van der Waals surface area contributed by atoms with E-state index >= 15 is 0 Å². The standard InChI is InChI=1S/C21H19BrN4O4/c1-26-18(19(22)24-25-26)10-17(20(27)28)23-21(29)30-11-16-14-8-4-2-6-12(14)13-7-3-5-9-15(13)16/h2-9,16-17H,10-11H2,1H3,(H,23,29)(H,27,28). The van der Waals surface area contributed by atoms with Gasteiger partial charge in [0.15, 0.2) is 4.60 Å². The van der Waals surface area contributed by atoms with Gasteiger partial charge in [0.05, 0.1) is 5.69 Å². The van der Waals surface area contributed by atoms with Gasteiger partial charge in [0, 0.05) is 19.4 Å². The smallest absolute Gasteiger partial charge is 0.407 e. The van der Waals surface area contributed by atoms with E-state index in [9.17, 15) is 14.7 Å². The van der Waals surface area contributed by atoms with Crippen LogP contribution in [0.2, 0.25) is 0 Å². The van der Waals surface area contributed by atoms with Gasteiger partial charge in [-0.2, -0.15) is 0 Å². The van der Waals surface area contributed by atoms with E-state index in [2.05, 4.69) is 43.7 Å². The van der Waals surface area contributed by atoms with Crippen LogP contribution in [0.1, 0.15) is 22.7 Å². The van der Waals surface area contributed by atoms with Crippen LogP contribution in [0.15, 0.2) is 53.1 Å². The van der Waals surface area contributed by atoms with Crippen LogP contribution in [0.25, 0.3) is 11.1 Å². The molecule has 1 aliphatic carbocycles. The minimum atomic E-state index is -1.17. The number of carbonyl (C=O) groups is 2. The average Bonchev–Trinajstić information content (AvgIpc) is 3.23. The highest BCUT2D eigenvalue weighted by molar-refractivity contribution is 9.10. The molecule has 154 valence electrons. The van der Waals surface area contributed by atoms with E-state index in [4.69, 9.17) is 4.74 Å². The van der Waals surface area contributed by atoms with E-state index in [-0.39, 0.29) is 18.9 Å². The molecule has 0 fully saturated rings. The lowest BCUT2D eigenvalue weighted by molar-refractivity contribution is -0.139. The highest BCUT2D eigenvalue weighted by atomic mass is 79.9. The van der Waals surface area contributed by atoms with Crippen molar-refractivity contribution in [3.63, 3.8) is 0 Å². The highest BCUT2D eigenvalue weighted by Gasteiger charge is 2.30. The quantitative estimate of drug-likeness (QED) is 0.573. The fourth-order valence-corrected chi connectivity index (χ4v) is 4.23. The van der Waals surface area contributed by atoms with Crippen molar-refractivity contribution in [2.45, 2.75) is 18.4 Å². The molecule has 1 unspecified atom stereocenters. The number of alkyl carbamates (subject to hydrolysis) is 1. The summed E-state index contributed by atoms with van der Waals surface area (Å²) in [4.78, 5) is 24.0. The van der Waals surface area contributed by atoms with Crippen molar-refractivity contribution in [1.82, 2.24) is 20.3 Å². The van der Waals surface area contributed by atoms with Crippen LogP contribution in [0, 0.1) is 0 Å². The number of nitrogens with zero attached hydrogens (tertiary/aromatic N) is 3. The highest BCUT2D eigenvalue weighted by Crippen LogP contribution is 2.44. The Labute approximate surface area is 181 Å². The predicted octanol–water partition coefficient (Wildman–Crippen LogP) is 3.11. The summed E-state index contributed by atoms with van der Waals surface area (Å²) < 4.78 is 7.33. The molecule has 1 atom stereocenters. The Morgan fingerprint density at radius 3 is 2.30 bits per heavy atom. The Morgan fingerprint density at radius 2 is 1.77 bits per heavy atom. The number of nitrogens with one attached hydrogen (secondary N) is 1. The van der Waals surface area contributed by atoms with Crippen LogP contribution in [-0.2, 0) is 23.0 Å². The van der Waals surface area contributed by atoms with E-state index in [0.29, 0.717) is 10.3 Å². The number of aryl methyl sites for hydroxylation is 1. The molecule has 2 N–H and O–H groups in total. The molecule has 0 saturated carbocycles. The van der Waals surface area contributed by atoms with Crippen LogP contribution in [0.4, 0.5) is 4.79 Å². The van der Waals surface area contributed by atoms with E-state index in [0.717, 1.165) is 22.3 Å². The van der Waals surface area contributed by atoms with Gasteiger partial charge in [0.25, 0.3) is 0 Å². The SMILES string of the molecule is Cn1nnc(Br)c1CC(NC(=O)OCC1c2ccccc2-c2ccccc21)C(=O)O. The van der Waals surface area contributed by atoms with E-state index < -0.39 is 18.1 Å². The molecule has 0 bridgehead atoms. The zero-order valence-corrected chi connectivity index (χ0v) is 17.7. The number of hydrogen-bond donors (Lipinski definition) is 2. The minimum absolute atomic E-state index is 0.0175. The van der Waals surface area contributed by atoms with Crippen molar-refractivity contribution in [2.75, 3.05) is 6.61 Å². The topological polar surface area (TPSA) is 106 Å². The molecule has 0 spiro atoms. The molecule has 1 heterocycles. The number of carbonyl (C=O) groups excluding carboxylic acids is 1. The van der Waals surface area contributed by atoms with Crippen LogP contribution in [0.3, 0.4) is 0 Å². The number of ether oxygens (including phenoxy) is 1. The monoisotopic (exact) mass is 470 g/mol. The van der Waals surface area contributed by atoms with Crippen molar-refractivity contribution in [3.05, 3.63) is 70.0 Å². The predicted molar refractivity (Wildman–Crippen MR) is 112 cm³/mol. The Hall–Kier alpha value is -3.20. The number of aromatic nitrogens is 3. The number of amides is 1. The van der Waals surface area contributed by atoms with Crippen molar-refractivity contribution < 1.29 is 19.4 Å². The molecule has 8 nitrogen and oxygen atoms in total. The molecule has 0 saturated heterocycles. The van der Waals surface area contributed by atoms with Gasteiger partial charge >= 0.3 is 12.1 Å². The minimum Gasteiger partial charge on any atom is -0.480 e. The van der Waals surface area contributed by atoms with Gasteiger partial charge in [-0.25, -0.2) is 9.59 Å². The Kier molecular flexibility index (Phi) is 5.54. The first-order chi connectivity index (χ1) is 14.5. The first-order valence-corrected chi connectivity index (χ1v) is 10.1. The molecule has 0 radical (unpaired) electrons. The maximum absolute atomic E-state index is 12.4. The number of halogens is 1. The lowest BCUT2D eigenvalue weighted by Gasteiger charge is -2.17. The number of fused-ring (bicyclic) bond motifs is 3. The van der Waals surface area contributed by atoms with Crippen molar-refractivity contribution in [1.29, 1.82) is 0 Å². The first kappa shape index (κ1) is 20.1. The Morgan fingerprint density at radius 1 is 1.17 bits per heavy atom. The first-order valence-electron chi connectivity index (χ1n) is 9.34. The van der Waals surface area contributed by atoms with Gasteiger partial charge in [-0.15, -0.1) is 5.10 Å². The zero-order valence-electron chi connectivity index (χ0n) is 16.1. The average molecular weight is 471 g/mol. The number of carboxylic acid groups (broad SMARTS) is 1. The lowest BCUT2D eigenvalue weighted by atomic mass is 9.98.